The minimum absolute atomic E-state index is 0.166. The third-order valence-electron chi connectivity index (χ3n) is 4.77. The van der Waals surface area contributed by atoms with Crippen LogP contribution in [0.5, 0.6) is 5.88 Å². The Hall–Kier alpha value is -3.26. The van der Waals surface area contributed by atoms with E-state index < -0.39 is 17.9 Å². The first-order valence-electron chi connectivity index (χ1n) is 9.46. The summed E-state index contributed by atoms with van der Waals surface area (Å²) >= 11 is 1.27. The summed E-state index contributed by atoms with van der Waals surface area (Å²) < 4.78 is 15.6. The molecule has 0 saturated heterocycles. The van der Waals surface area contributed by atoms with Gasteiger partial charge in [-0.3, -0.25) is 4.79 Å². The van der Waals surface area contributed by atoms with Gasteiger partial charge in [-0.2, -0.15) is 0 Å². The molecule has 152 valence electrons. The van der Waals surface area contributed by atoms with Crippen LogP contribution < -0.4 is 14.7 Å². The number of thioether (sulfide) groups is 1. The van der Waals surface area contributed by atoms with Gasteiger partial charge in [0.25, 0.3) is 17.0 Å². The molecule has 0 radical (unpaired) electrons. The molecule has 6 nitrogen and oxygen atoms in total. The second kappa shape index (κ2) is 8.23. The molecule has 4 rings (SSSR count). The van der Waals surface area contributed by atoms with Crippen molar-refractivity contribution >= 4 is 23.4 Å². The largest absolute Gasteiger partial charge is 0.854 e. The Balaban J connectivity index is 2.03. The zero-order valence-corrected chi connectivity index (χ0v) is 17.1. The summed E-state index contributed by atoms with van der Waals surface area (Å²) in [6, 6.07) is 13.1. The number of hydrogen-bond acceptors (Lipinski definition) is 5. The molecular formula is C22H19FN4O2S. The average molecular weight is 422 g/mol. The molecule has 8 heteroatoms. The first kappa shape index (κ1) is 20.0. The molecule has 0 spiro atoms. The van der Waals surface area contributed by atoms with Crippen LogP contribution in [0.15, 0.2) is 66.3 Å². The van der Waals surface area contributed by atoms with Gasteiger partial charge in [-0.05, 0) is 30.3 Å². The number of para-hydroxylation sites is 1. The third-order valence-corrected chi connectivity index (χ3v) is 5.60. The summed E-state index contributed by atoms with van der Waals surface area (Å²) in [5, 5.41) is 17.9. The number of halogens is 1. The predicted octanol–water partition coefficient (Wildman–Crippen LogP) is 3.23. The zero-order valence-electron chi connectivity index (χ0n) is 16.3. The molecule has 1 unspecified atom stereocenters. The van der Waals surface area contributed by atoms with Crippen molar-refractivity contribution in [3.05, 3.63) is 72.6 Å². The van der Waals surface area contributed by atoms with E-state index in [4.69, 9.17) is 0 Å². The molecule has 2 heterocycles. The van der Waals surface area contributed by atoms with Crippen molar-refractivity contribution in [2.45, 2.75) is 24.7 Å². The van der Waals surface area contributed by atoms with E-state index in [2.05, 4.69) is 16.7 Å². The fraction of sp³-hybridized carbons (Fsp3) is 0.182. The number of amides is 1. The molecule has 30 heavy (non-hydrogen) atoms. The van der Waals surface area contributed by atoms with E-state index in [1.54, 1.807) is 54.3 Å². The molecular weight excluding hydrogens is 403 g/mol. The van der Waals surface area contributed by atoms with Gasteiger partial charge in [0.15, 0.2) is 0 Å². The summed E-state index contributed by atoms with van der Waals surface area (Å²) in [6.45, 7) is 5.44. The number of fused-ring (bicyclic) bond motifs is 3. The van der Waals surface area contributed by atoms with E-state index in [0.29, 0.717) is 22.6 Å². The van der Waals surface area contributed by atoms with Crippen molar-refractivity contribution in [2.75, 3.05) is 10.7 Å². The number of nitrogens with zero attached hydrogens (tertiary/aromatic N) is 4. The number of benzene rings is 2. The average Bonchev–Trinajstić information content (AvgIpc) is 2.75. The van der Waals surface area contributed by atoms with E-state index in [1.165, 1.54) is 28.6 Å². The van der Waals surface area contributed by atoms with Gasteiger partial charge in [-0.1, -0.05) is 47.6 Å². The minimum atomic E-state index is -0.808. The highest BCUT2D eigenvalue weighted by atomic mass is 32.2. The number of rotatable bonds is 5. The molecule has 0 bridgehead atoms. The number of carbonyl (C=O) groups is 1. The van der Waals surface area contributed by atoms with Crippen molar-refractivity contribution < 1.29 is 19.0 Å². The topological polar surface area (TPSA) is 73.0 Å². The maximum atomic E-state index is 14.1. The summed E-state index contributed by atoms with van der Waals surface area (Å²) in [5.41, 5.74) is 1.92. The summed E-state index contributed by atoms with van der Waals surface area (Å²) in [6.07, 6.45) is 1.12. The second-order valence-corrected chi connectivity index (χ2v) is 7.64. The fourth-order valence-electron chi connectivity index (χ4n) is 3.54. The molecule has 1 aliphatic heterocycles. The standard InChI is InChI=1S/C22H19FN4O2S/c1-3-12-30-22-24-20(29)19-16-10-5-6-11-17(16)26(18(28)4-2)21(27(19)25-22)14-8-7-9-15(23)13-14/h3,5-11,13,21H,1,4,12H2,2H3. The Morgan fingerprint density at radius 3 is 2.87 bits per heavy atom. The minimum Gasteiger partial charge on any atom is -0.854 e. The van der Waals surface area contributed by atoms with Crippen LogP contribution in [-0.4, -0.2) is 21.7 Å². The predicted molar refractivity (Wildman–Crippen MR) is 110 cm³/mol. The van der Waals surface area contributed by atoms with Gasteiger partial charge in [0.2, 0.25) is 5.91 Å². The molecule has 3 aromatic rings. The van der Waals surface area contributed by atoms with Crippen molar-refractivity contribution in [3.63, 3.8) is 0 Å². The van der Waals surface area contributed by atoms with Crippen LogP contribution in [0.3, 0.4) is 0 Å². The molecule has 0 fully saturated rings. The Morgan fingerprint density at radius 1 is 1.33 bits per heavy atom. The van der Waals surface area contributed by atoms with Gasteiger partial charge < -0.3 is 5.11 Å². The number of hydrogen-bond donors (Lipinski definition) is 0. The van der Waals surface area contributed by atoms with Crippen LogP contribution in [0.1, 0.15) is 25.1 Å². The number of anilines is 1. The molecule has 2 aromatic carbocycles. The number of aromatic nitrogens is 3. The maximum absolute atomic E-state index is 14.1. The van der Waals surface area contributed by atoms with Crippen LogP contribution in [0.25, 0.3) is 11.3 Å². The molecule has 1 atom stereocenters. The van der Waals surface area contributed by atoms with Crippen LogP contribution in [-0.2, 0) is 4.79 Å². The van der Waals surface area contributed by atoms with Gasteiger partial charge in [0, 0.05) is 22.8 Å². The van der Waals surface area contributed by atoms with E-state index in [9.17, 15) is 14.3 Å². The summed E-state index contributed by atoms with van der Waals surface area (Å²) in [5.74, 6) is -0.525. The van der Waals surface area contributed by atoms with Crippen molar-refractivity contribution in [1.29, 1.82) is 0 Å². The van der Waals surface area contributed by atoms with Crippen LogP contribution in [0, 0.1) is 5.82 Å². The highest BCUT2D eigenvalue weighted by molar-refractivity contribution is 7.99. The molecule has 1 amide bonds. The van der Waals surface area contributed by atoms with Gasteiger partial charge in [0.1, 0.15) is 5.82 Å². The van der Waals surface area contributed by atoms with Crippen LogP contribution >= 0.6 is 11.8 Å². The lowest BCUT2D eigenvalue weighted by Crippen LogP contribution is -2.59. The first-order chi connectivity index (χ1) is 14.5. The van der Waals surface area contributed by atoms with Gasteiger partial charge in [0.05, 0.1) is 17.1 Å². The maximum Gasteiger partial charge on any atom is 0.293 e. The lowest BCUT2D eigenvalue weighted by Gasteiger charge is -2.33. The second-order valence-electron chi connectivity index (χ2n) is 6.66. The SMILES string of the molecule is C=CCSc1nc([O-])c2[n+](n1)C(c1cccc(F)c1)N(C(=O)CC)c1ccccc1-2. The first-order valence-corrected chi connectivity index (χ1v) is 10.4. The fourth-order valence-corrected chi connectivity index (χ4v) is 4.10. The Labute approximate surface area is 177 Å². The Bertz CT molecular complexity index is 1140. The highest BCUT2D eigenvalue weighted by Gasteiger charge is 2.44. The van der Waals surface area contributed by atoms with E-state index in [1.807, 2.05) is 0 Å². The third kappa shape index (κ3) is 3.43. The van der Waals surface area contributed by atoms with Crippen molar-refractivity contribution in [1.82, 2.24) is 10.1 Å². The summed E-state index contributed by atoms with van der Waals surface area (Å²) in [4.78, 5) is 18.7. The molecule has 0 saturated carbocycles. The smallest absolute Gasteiger partial charge is 0.293 e. The molecule has 0 aliphatic carbocycles. The van der Waals surface area contributed by atoms with Crippen molar-refractivity contribution in [2.24, 2.45) is 0 Å². The quantitative estimate of drug-likeness (QED) is 0.359. The molecule has 1 aliphatic rings. The van der Waals surface area contributed by atoms with Gasteiger partial charge in [-0.15, -0.1) is 6.58 Å². The van der Waals surface area contributed by atoms with E-state index in [0.717, 1.165) is 0 Å². The van der Waals surface area contributed by atoms with Gasteiger partial charge >= 0.3 is 0 Å². The van der Waals surface area contributed by atoms with Gasteiger partial charge in [-0.25, -0.2) is 14.3 Å². The highest BCUT2D eigenvalue weighted by Crippen LogP contribution is 2.41. The molecule has 1 aromatic heterocycles. The lowest BCUT2D eigenvalue weighted by atomic mass is 10.0. The van der Waals surface area contributed by atoms with Crippen LogP contribution in [0.2, 0.25) is 0 Å². The number of carbonyl (C=O) groups excluding carboxylic acids is 1. The normalized spacial score (nSPS) is 14.7. The van der Waals surface area contributed by atoms with Crippen LogP contribution in [0.4, 0.5) is 10.1 Å². The summed E-state index contributed by atoms with van der Waals surface area (Å²) in [7, 11) is 0. The van der Waals surface area contributed by atoms with Crippen molar-refractivity contribution in [3.8, 4) is 17.1 Å². The monoisotopic (exact) mass is 422 g/mol. The zero-order chi connectivity index (χ0) is 21.3. The van der Waals surface area contributed by atoms with E-state index >= 15 is 0 Å². The molecule has 0 N–H and O–H groups in total. The lowest BCUT2D eigenvalue weighted by molar-refractivity contribution is -0.764. The van der Waals surface area contributed by atoms with E-state index in [-0.39, 0.29) is 23.2 Å². The Morgan fingerprint density at radius 2 is 2.13 bits per heavy atom. The Kier molecular flexibility index (Phi) is 5.50.